The minimum atomic E-state index is -2.83. The van der Waals surface area contributed by atoms with Crippen molar-refractivity contribution in [1.29, 1.82) is 0 Å². The van der Waals surface area contributed by atoms with Crippen molar-refractivity contribution in [2.45, 2.75) is 68.6 Å². The van der Waals surface area contributed by atoms with E-state index in [1.165, 1.54) is 0 Å². The Balaban J connectivity index is 9.34. The highest BCUT2D eigenvalue weighted by molar-refractivity contribution is 5.84. The zero-order valence-corrected chi connectivity index (χ0v) is 58.6. The summed E-state index contributed by atoms with van der Waals surface area (Å²) in [5.41, 5.74) is -23.1. The van der Waals surface area contributed by atoms with E-state index >= 15 is 0 Å². The van der Waals surface area contributed by atoms with Gasteiger partial charge >= 0.3 is 65.7 Å². The third-order valence-corrected chi connectivity index (χ3v) is 16.7. The van der Waals surface area contributed by atoms with Crippen LogP contribution < -0.4 is 0 Å². The molecule has 2 unspecified atom stereocenters. The van der Waals surface area contributed by atoms with Crippen molar-refractivity contribution in [1.82, 2.24) is 0 Å². The van der Waals surface area contributed by atoms with E-state index in [4.69, 9.17) is 56.8 Å². The van der Waals surface area contributed by atoms with Gasteiger partial charge in [0.05, 0.1) is 118 Å². The molecule has 0 spiro atoms. The van der Waals surface area contributed by atoms with Crippen molar-refractivity contribution < 1.29 is 196 Å². The molecular formula is C62H104O40. The second kappa shape index (κ2) is 43.0. The molecule has 2 atom stereocenters. The topological polar surface area (TPSA) is 642 Å². The van der Waals surface area contributed by atoms with E-state index in [0.29, 0.717) is 0 Å². The summed E-state index contributed by atoms with van der Waals surface area (Å²) < 4.78 is 65.4. The number of rotatable bonds is 53. The van der Waals surface area contributed by atoms with Crippen LogP contribution in [0.2, 0.25) is 0 Å². The highest BCUT2D eigenvalue weighted by Crippen LogP contribution is 2.34. The number of aliphatic hydroxyl groups is 17. The van der Waals surface area contributed by atoms with E-state index in [2.05, 4.69) is 0 Å². The van der Waals surface area contributed by atoms with Crippen LogP contribution in [0.15, 0.2) is 0 Å². The molecule has 0 saturated heterocycles. The molecule has 0 amide bonds. The molecule has 40 nitrogen and oxygen atoms in total. The highest BCUT2D eigenvalue weighted by Gasteiger charge is 2.51. The molecule has 0 aromatic rings. The maximum absolute atomic E-state index is 15.0. The Morgan fingerprint density at radius 3 is 0.647 bits per heavy atom. The lowest BCUT2D eigenvalue weighted by molar-refractivity contribution is -0.191. The number of esters is 11. The molecule has 0 bridgehead atoms. The summed E-state index contributed by atoms with van der Waals surface area (Å²) >= 11 is 0. The molecule has 0 heterocycles. The van der Waals surface area contributed by atoms with Crippen molar-refractivity contribution in [2.24, 2.45) is 71.9 Å². The molecule has 102 heavy (non-hydrogen) atoms. The van der Waals surface area contributed by atoms with Crippen LogP contribution >= 0.6 is 0 Å². The molecule has 0 saturated carbocycles. The zero-order chi connectivity index (χ0) is 78.9. The second-order valence-electron chi connectivity index (χ2n) is 27.5. The summed E-state index contributed by atoms with van der Waals surface area (Å²) in [6.07, 6.45) is -2.12. The Morgan fingerprint density at radius 2 is 0.441 bits per heavy atom. The lowest BCUT2D eigenvalue weighted by Crippen LogP contribution is -2.51. The van der Waals surface area contributed by atoms with Gasteiger partial charge in [-0.1, -0.05) is 0 Å². The van der Waals surface area contributed by atoms with E-state index in [-0.39, 0.29) is 0 Å². The number of carbonyl (C=O) groups is 11. The van der Waals surface area contributed by atoms with Gasteiger partial charge in [0, 0.05) is 0 Å². The lowest BCUT2D eigenvalue weighted by Gasteiger charge is -2.37. The molecular weight excluding hydrogens is 1380 g/mol. The van der Waals surface area contributed by atoms with Crippen LogP contribution in [0.25, 0.3) is 0 Å². The molecule has 0 aromatic heterocycles. The molecule has 0 fully saturated rings. The number of hydrogen-bond acceptors (Lipinski definition) is 40. The molecule has 0 aliphatic heterocycles. The Bertz CT molecular complexity index is 2340. The normalized spacial score (nSPS) is 13.5. The van der Waals surface area contributed by atoms with Gasteiger partial charge in [0.25, 0.3) is 0 Å². The molecule has 0 rings (SSSR count). The van der Waals surface area contributed by atoms with Gasteiger partial charge in [-0.3, -0.25) is 52.7 Å². The first kappa shape index (κ1) is 95.5. The average molecular weight is 1490 g/mol. The fourth-order valence-electron chi connectivity index (χ4n) is 7.00. The highest BCUT2D eigenvalue weighted by atomic mass is 16.6. The van der Waals surface area contributed by atoms with Crippen LogP contribution in [0.1, 0.15) is 62.3 Å². The minimum absolute atomic E-state index is 0.898. The number of ether oxygens (including phenoxy) is 12. The standard InChI is InChI=1S/C62H104O40/c1-53(16-67,17-68)44(82)94-28-59(7,29-95-45(83)54(2,18-69)19-70)50(88)100-35-62(34-93-43(81)40(14-91-41(79)38(10-63)11-64)15-92-42(80)39(12-65)13-66,36-101-51(89)60(8,30-96-46(84)55(3,20-71)21-72)31-97-47(85)56(4,22-73)23-74)37-102-52(90)61(9,32-98-48(86)57(5,24-75)25-76)33-99-49(87)58(6,26-77)27-78/h38-41,63-79H,10-37H2,1-9H3. The van der Waals surface area contributed by atoms with Gasteiger partial charge in [-0.05, 0) is 62.3 Å². The van der Waals surface area contributed by atoms with Gasteiger partial charge in [0.1, 0.15) is 139 Å². The molecule has 0 aliphatic rings. The van der Waals surface area contributed by atoms with Crippen LogP contribution in [0, 0.1) is 71.9 Å². The Kier molecular flexibility index (Phi) is 40.3. The predicted octanol–water partition coefficient (Wildman–Crippen LogP) is -8.93. The van der Waals surface area contributed by atoms with Crippen molar-refractivity contribution in [3.63, 3.8) is 0 Å². The summed E-state index contributed by atoms with van der Waals surface area (Å²) in [4.78, 5) is 153. The lowest BCUT2D eigenvalue weighted by atomic mass is 9.88. The fourth-order valence-corrected chi connectivity index (χ4v) is 7.00. The van der Waals surface area contributed by atoms with E-state index in [9.17, 15) is 140 Å². The smallest absolute Gasteiger partial charge is 0.318 e. The molecule has 0 aromatic carbocycles. The van der Waals surface area contributed by atoms with Crippen LogP contribution in [-0.4, -0.2) is 344 Å². The van der Waals surface area contributed by atoms with Gasteiger partial charge in [0.2, 0.25) is 0 Å². The zero-order valence-electron chi connectivity index (χ0n) is 58.6. The largest absolute Gasteiger partial charge is 0.464 e. The monoisotopic (exact) mass is 1490 g/mol. The van der Waals surface area contributed by atoms with Crippen LogP contribution in [0.5, 0.6) is 0 Å². The second-order valence-corrected chi connectivity index (χ2v) is 27.5. The Hall–Kier alpha value is -6.55. The van der Waals surface area contributed by atoms with E-state index in [1.54, 1.807) is 0 Å². The summed E-state index contributed by atoms with van der Waals surface area (Å²) in [6, 6.07) is 0. The Labute approximate surface area is 586 Å². The molecule has 40 heteroatoms. The third kappa shape index (κ3) is 26.5. The van der Waals surface area contributed by atoms with Gasteiger partial charge in [-0.25, -0.2) is 0 Å². The van der Waals surface area contributed by atoms with Crippen molar-refractivity contribution >= 4 is 65.7 Å². The van der Waals surface area contributed by atoms with Crippen molar-refractivity contribution in [3.05, 3.63) is 0 Å². The van der Waals surface area contributed by atoms with E-state index in [0.717, 1.165) is 62.3 Å². The van der Waals surface area contributed by atoms with Gasteiger partial charge in [-0.2, -0.15) is 0 Å². The fraction of sp³-hybridized carbons (Fsp3) is 0.823. The first-order chi connectivity index (χ1) is 47.5. The molecule has 0 aliphatic carbocycles. The van der Waals surface area contributed by atoms with Crippen LogP contribution in [0.4, 0.5) is 0 Å². The van der Waals surface area contributed by atoms with Gasteiger partial charge < -0.3 is 144 Å². The molecule has 592 valence electrons. The number of aliphatic hydroxyl groups excluding tert-OH is 17. The molecule has 17 N–H and O–H groups in total. The number of hydrogen-bond donors (Lipinski definition) is 17. The van der Waals surface area contributed by atoms with E-state index in [1.807, 2.05) is 0 Å². The first-order valence-corrected chi connectivity index (χ1v) is 31.4. The SMILES string of the molecule is CC(CO)(CO)C(=O)OCC(C)(COC(=O)C(C)(CO)CO)C(=O)OCC(COC(=O)C(COC(=O)C(CO)CO)COC(O)C(CO)CO)(COC(=O)C(C)(COC(=O)C(C)(CO)CO)COC(=O)C(C)(CO)CO)COC(=O)C(C)(COC(=O)C(C)(CO)CO)COC(=O)C(C)(CO)CO. The average Bonchev–Trinajstić information content (AvgIpc) is 0.813. The maximum atomic E-state index is 15.0. The van der Waals surface area contributed by atoms with Crippen LogP contribution in [-0.2, 0) is 110 Å². The quantitative estimate of drug-likeness (QED) is 0.0153. The first-order valence-electron chi connectivity index (χ1n) is 31.4. The Morgan fingerprint density at radius 1 is 0.245 bits per heavy atom. The molecule has 0 radical (unpaired) electrons. The maximum Gasteiger partial charge on any atom is 0.318 e. The number of carbonyl (C=O) groups excluding carboxylic acids is 11. The van der Waals surface area contributed by atoms with Crippen molar-refractivity contribution in [2.75, 3.05) is 185 Å². The summed E-state index contributed by atoms with van der Waals surface area (Å²) in [5.74, 6) is -21.6. The van der Waals surface area contributed by atoms with Gasteiger partial charge in [0.15, 0.2) is 6.29 Å². The van der Waals surface area contributed by atoms with Gasteiger partial charge in [-0.15, -0.1) is 0 Å². The summed E-state index contributed by atoms with van der Waals surface area (Å²) in [6.45, 7) is -23.9. The summed E-state index contributed by atoms with van der Waals surface area (Å²) in [7, 11) is 0. The predicted molar refractivity (Wildman–Crippen MR) is 332 cm³/mol. The van der Waals surface area contributed by atoms with Crippen molar-refractivity contribution in [3.8, 4) is 0 Å². The van der Waals surface area contributed by atoms with Crippen LogP contribution in [0.3, 0.4) is 0 Å². The summed E-state index contributed by atoms with van der Waals surface area (Å²) in [5, 5.41) is 170. The minimum Gasteiger partial charge on any atom is -0.464 e. The third-order valence-electron chi connectivity index (χ3n) is 16.7. The van der Waals surface area contributed by atoms with E-state index < -0.39 is 329 Å².